The molecule has 0 aromatic heterocycles. The Balaban J connectivity index is 1.92. The van der Waals surface area contributed by atoms with Gasteiger partial charge < -0.3 is 10.2 Å². The second kappa shape index (κ2) is 5.21. The molecule has 2 rings (SSSR count). The van der Waals surface area contributed by atoms with Gasteiger partial charge in [0.15, 0.2) is 0 Å². The van der Waals surface area contributed by atoms with Crippen molar-refractivity contribution in [2.24, 2.45) is 0 Å². The zero-order chi connectivity index (χ0) is 12.3. The number of hydrogen-bond acceptors (Lipinski definition) is 2. The summed E-state index contributed by atoms with van der Waals surface area (Å²) in [6.45, 7) is 6.37. The van der Waals surface area contributed by atoms with Crippen molar-refractivity contribution in [3.8, 4) is 0 Å². The van der Waals surface area contributed by atoms with Gasteiger partial charge in [0, 0.05) is 18.8 Å². The van der Waals surface area contributed by atoms with Gasteiger partial charge in [0.05, 0.1) is 6.54 Å². The average Bonchev–Trinajstić information content (AvgIpc) is 2.83. The van der Waals surface area contributed by atoms with E-state index in [2.05, 4.69) is 37.4 Å². The number of nitrogens with one attached hydrogen (secondary N) is 1. The van der Waals surface area contributed by atoms with E-state index in [9.17, 15) is 4.79 Å². The van der Waals surface area contributed by atoms with E-state index in [-0.39, 0.29) is 5.91 Å². The molecule has 1 heterocycles. The third-order valence-corrected chi connectivity index (χ3v) is 3.28. The van der Waals surface area contributed by atoms with Crippen molar-refractivity contribution in [2.75, 3.05) is 25.0 Å². The molecule has 0 saturated carbocycles. The summed E-state index contributed by atoms with van der Waals surface area (Å²) < 4.78 is 0. The van der Waals surface area contributed by atoms with E-state index in [0.717, 1.165) is 31.6 Å². The van der Waals surface area contributed by atoms with Crippen molar-refractivity contribution in [1.82, 2.24) is 4.90 Å². The highest BCUT2D eigenvalue weighted by molar-refractivity contribution is 5.81. The fourth-order valence-electron chi connectivity index (χ4n) is 2.18. The number of anilines is 1. The van der Waals surface area contributed by atoms with Crippen molar-refractivity contribution in [3.05, 3.63) is 29.3 Å². The quantitative estimate of drug-likeness (QED) is 0.867. The Labute approximate surface area is 103 Å². The van der Waals surface area contributed by atoms with E-state index < -0.39 is 0 Å². The Kier molecular flexibility index (Phi) is 3.67. The van der Waals surface area contributed by atoms with Gasteiger partial charge in [0.1, 0.15) is 0 Å². The Morgan fingerprint density at radius 1 is 1.29 bits per heavy atom. The second-order valence-electron chi connectivity index (χ2n) is 4.76. The van der Waals surface area contributed by atoms with E-state index in [0.29, 0.717) is 6.54 Å². The lowest BCUT2D eigenvalue weighted by atomic mass is 10.1. The van der Waals surface area contributed by atoms with Crippen molar-refractivity contribution in [2.45, 2.75) is 26.7 Å². The largest absolute Gasteiger partial charge is 0.376 e. The highest BCUT2D eigenvalue weighted by atomic mass is 16.2. The van der Waals surface area contributed by atoms with Crippen LogP contribution in [0.15, 0.2) is 18.2 Å². The van der Waals surface area contributed by atoms with Crippen LogP contribution in [0, 0.1) is 13.8 Å². The van der Waals surface area contributed by atoms with Crippen molar-refractivity contribution in [3.63, 3.8) is 0 Å². The number of benzene rings is 1. The van der Waals surface area contributed by atoms with Gasteiger partial charge in [0.25, 0.3) is 0 Å². The van der Waals surface area contributed by atoms with E-state index in [4.69, 9.17) is 0 Å². The monoisotopic (exact) mass is 232 g/mol. The minimum Gasteiger partial charge on any atom is -0.376 e. The van der Waals surface area contributed by atoms with Crippen LogP contribution in [0.5, 0.6) is 0 Å². The molecular weight excluding hydrogens is 212 g/mol. The lowest BCUT2D eigenvalue weighted by Crippen LogP contribution is -2.33. The summed E-state index contributed by atoms with van der Waals surface area (Å²) in [6.07, 6.45) is 2.30. The number of rotatable bonds is 3. The zero-order valence-corrected chi connectivity index (χ0v) is 10.6. The first-order valence-corrected chi connectivity index (χ1v) is 6.26. The molecule has 0 spiro atoms. The summed E-state index contributed by atoms with van der Waals surface area (Å²) in [4.78, 5) is 13.8. The number of likely N-dealkylation sites (tertiary alicyclic amines) is 1. The molecule has 0 unspecified atom stereocenters. The third-order valence-electron chi connectivity index (χ3n) is 3.28. The van der Waals surface area contributed by atoms with Crippen molar-refractivity contribution < 1.29 is 4.79 Å². The molecule has 17 heavy (non-hydrogen) atoms. The highest BCUT2D eigenvalue weighted by Crippen LogP contribution is 2.16. The fourth-order valence-corrected chi connectivity index (χ4v) is 2.18. The van der Waals surface area contributed by atoms with Crippen LogP contribution in [0.25, 0.3) is 0 Å². The van der Waals surface area contributed by atoms with Gasteiger partial charge in [-0.1, -0.05) is 12.1 Å². The average molecular weight is 232 g/mol. The molecule has 0 aliphatic carbocycles. The molecule has 1 aromatic rings. The van der Waals surface area contributed by atoms with Crippen LogP contribution in [0.1, 0.15) is 24.0 Å². The van der Waals surface area contributed by atoms with Crippen LogP contribution in [-0.4, -0.2) is 30.4 Å². The number of aryl methyl sites for hydroxylation is 2. The summed E-state index contributed by atoms with van der Waals surface area (Å²) >= 11 is 0. The number of carbonyl (C=O) groups excluding carboxylic acids is 1. The minimum absolute atomic E-state index is 0.211. The van der Waals surface area contributed by atoms with Gasteiger partial charge >= 0.3 is 0 Å². The molecule has 92 valence electrons. The molecule has 1 amide bonds. The highest BCUT2D eigenvalue weighted by Gasteiger charge is 2.17. The molecule has 1 N–H and O–H groups in total. The molecule has 0 bridgehead atoms. The van der Waals surface area contributed by atoms with Crippen molar-refractivity contribution >= 4 is 11.6 Å². The van der Waals surface area contributed by atoms with Gasteiger partial charge in [-0.15, -0.1) is 0 Å². The standard InChI is InChI=1S/C14H20N2O/c1-11-5-6-12(2)13(9-11)15-10-14(17)16-7-3-4-8-16/h5-6,9,15H,3-4,7-8,10H2,1-2H3. The summed E-state index contributed by atoms with van der Waals surface area (Å²) in [5, 5.41) is 3.24. The smallest absolute Gasteiger partial charge is 0.241 e. The first-order chi connectivity index (χ1) is 8.16. The number of nitrogens with zero attached hydrogens (tertiary/aromatic N) is 1. The third kappa shape index (κ3) is 2.99. The normalized spacial score (nSPS) is 15.1. The summed E-state index contributed by atoms with van der Waals surface area (Å²) in [7, 11) is 0. The Hall–Kier alpha value is -1.51. The Morgan fingerprint density at radius 3 is 2.71 bits per heavy atom. The maximum atomic E-state index is 11.9. The topological polar surface area (TPSA) is 32.3 Å². The van der Waals surface area contributed by atoms with E-state index in [1.165, 1.54) is 11.1 Å². The molecule has 1 aromatic carbocycles. The molecule has 1 aliphatic rings. The predicted molar refractivity (Wildman–Crippen MR) is 70.2 cm³/mol. The molecule has 0 atom stereocenters. The van der Waals surface area contributed by atoms with E-state index in [1.54, 1.807) is 0 Å². The van der Waals surface area contributed by atoms with Crippen LogP contribution < -0.4 is 5.32 Å². The fraction of sp³-hybridized carbons (Fsp3) is 0.500. The lowest BCUT2D eigenvalue weighted by Gasteiger charge is -2.17. The van der Waals surface area contributed by atoms with Gasteiger partial charge in [0.2, 0.25) is 5.91 Å². The Bertz CT molecular complexity index is 409. The van der Waals surface area contributed by atoms with Crippen molar-refractivity contribution in [1.29, 1.82) is 0 Å². The molecule has 1 saturated heterocycles. The van der Waals surface area contributed by atoms with E-state index >= 15 is 0 Å². The molecule has 3 nitrogen and oxygen atoms in total. The second-order valence-corrected chi connectivity index (χ2v) is 4.76. The minimum atomic E-state index is 0.211. The number of carbonyl (C=O) groups is 1. The molecule has 3 heteroatoms. The maximum absolute atomic E-state index is 11.9. The van der Waals surface area contributed by atoms with Crippen LogP contribution in [-0.2, 0) is 4.79 Å². The Morgan fingerprint density at radius 2 is 2.00 bits per heavy atom. The number of amides is 1. The number of hydrogen-bond donors (Lipinski definition) is 1. The molecular formula is C14H20N2O. The molecule has 1 fully saturated rings. The molecule has 1 aliphatic heterocycles. The van der Waals surface area contributed by atoms with Gasteiger partial charge in [-0.2, -0.15) is 0 Å². The van der Waals surface area contributed by atoms with Crippen LogP contribution in [0.3, 0.4) is 0 Å². The summed E-state index contributed by atoms with van der Waals surface area (Å²) in [5.41, 5.74) is 3.47. The van der Waals surface area contributed by atoms with Gasteiger partial charge in [-0.3, -0.25) is 4.79 Å². The molecule has 0 radical (unpaired) electrons. The summed E-state index contributed by atoms with van der Waals surface area (Å²) in [5.74, 6) is 0.211. The summed E-state index contributed by atoms with van der Waals surface area (Å²) in [6, 6.07) is 6.26. The van der Waals surface area contributed by atoms with Crippen LogP contribution in [0.2, 0.25) is 0 Å². The predicted octanol–water partition coefficient (Wildman–Crippen LogP) is 2.34. The maximum Gasteiger partial charge on any atom is 0.241 e. The zero-order valence-electron chi connectivity index (χ0n) is 10.6. The first-order valence-electron chi connectivity index (χ1n) is 6.26. The lowest BCUT2D eigenvalue weighted by molar-refractivity contribution is -0.128. The van der Waals surface area contributed by atoms with Gasteiger partial charge in [-0.25, -0.2) is 0 Å². The van der Waals surface area contributed by atoms with Crippen LogP contribution >= 0.6 is 0 Å². The van der Waals surface area contributed by atoms with E-state index in [1.807, 2.05) is 4.90 Å². The van der Waals surface area contributed by atoms with Gasteiger partial charge in [-0.05, 0) is 43.9 Å². The SMILES string of the molecule is Cc1ccc(C)c(NCC(=O)N2CCCC2)c1. The first kappa shape index (κ1) is 12.0. The van der Waals surface area contributed by atoms with Crippen LogP contribution in [0.4, 0.5) is 5.69 Å².